The Morgan fingerprint density at radius 2 is 1.43 bits per heavy atom. The van der Waals surface area contributed by atoms with Crippen LogP contribution in [0.1, 0.15) is 64.7 Å². The van der Waals surface area contributed by atoms with Gasteiger partial charge in [0.15, 0.2) is 0 Å². The summed E-state index contributed by atoms with van der Waals surface area (Å²) in [5.74, 6) is 0. The first-order valence-corrected chi connectivity index (χ1v) is 11.0. The van der Waals surface area contributed by atoms with Crippen molar-refractivity contribution in [3.05, 3.63) is 0 Å². The molecule has 10 heteroatoms. The monoisotopic (exact) mass is 374 g/mol. The third-order valence-corrected chi connectivity index (χ3v) is 5.89. The standard InChI is InChI=1S/C13H28O8P2/c1-13(12-19-13)10-8-6-4-2-3-5-7-9-11-20-23(17,18)21-22(14,15)16/h2-12H2,1H3,(H,17,18)(H2,14,15,16). The van der Waals surface area contributed by atoms with Crippen LogP contribution in [-0.2, 0) is 22.7 Å². The van der Waals surface area contributed by atoms with E-state index in [9.17, 15) is 9.13 Å². The van der Waals surface area contributed by atoms with Gasteiger partial charge in [0.2, 0.25) is 0 Å². The van der Waals surface area contributed by atoms with Crippen LogP contribution < -0.4 is 0 Å². The van der Waals surface area contributed by atoms with Crippen molar-refractivity contribution in [2.75, 3.05) is 13.2 Å². The Balaban J connectivity index is 1.85. The van der Waals surface area contributed by atoms with Crippen molar-refractivity contribution >= 4 is 15.6 Å². The van der Waals surface area contributed by atoms with Gasteiger partial charge in [0, 0.05) is 0 Å². The molecule has 0 aromatic carbocycles. The van der Waals surface area contributed by atoms with Gasteiger partial charge in [-0.3, -0.25) is 4.52 Å². The summed E-state index contributed by atoms with van der Waals surface area (Å²) < 4.78 is 35.1. The van der Waals surface area contributed by atoms with Crippen molar-refractivity contribution < 1.29 is 37.4 Å². The zero-order valence-corrected chi connectivity index (χ0v) is 15.3. The minimum Gasteiger partial charge on any atom is -0.370 e. The predicted molar refractivity (Wildman–Crippen MR) is 84.8 cm³/mol. The average Bonchev–Trinajstić information content (AvgIpc) is 3.11. The molecule has 1 fully saturated rings. The van der Waals surface area contributed by atoms with Gasteiger partial charge in [-0.25, -0.2) is 9.13 Å². The first-order valence-electron chi connectivity index (χ1n) is 8.00. The molecule has 3 N–H and O–H groups in total. The van der Waals surface area contributed by atoms with Gasteiger partial charge in [-0.15, -0.1) is 0 Å². The Labute approximate surface area is 137 Å². The Morgan fingerprint density at radius 1 is 0.957 bits per heavy atom. The minimum absolute atomic E-state index is 0.0631. The molecule has 1 saturated heterocycles. The highest BCUT2D eigenvalue weighted by Gasteiger charge is 2.37. The fourth-order valence-electron chi connectivity index (χ4n) is 2.27. The summed E-state index contributed by atoms with van der Waals surface area (Å²) in [5, 5.41) is 0. The largest absolute Gasteiger partial charge is 0.481 e. The fourth-order valence-corrected chi connectivity index (χ4v) is 3.89. The molecular formula is C13H28O8P2. The van der Waals surface area contributed by atoms with E-state index in [4.69, 9.17) is 19.4 Å². The van der Waals surface area contributed by atoms with Crippen LogP contribution in [0, 0.1) is 0 Å². The molecule has 1 aliphatic heterocycles. The molecular weight excluding hydrogens is 346 g/mol. The van der Waals surface area contributed by atoms with Gasteiger partial charge in [0.25, 0.3) is 0 Å². The molecule has 0 aliphatic carbocycles. The van der Waals surface area contributed by atoms with Gasteiger partial charge < -0.3 is 19.4 Å². The molecule has 0 bridgehead atoms. The zero-order chi connectivity index (χ0) is 17.4. The van der Waals surface area contributed by atoms with E-state index >= 15 is 0 Å². The molecule has 0 aromatic heterocycles. The van der Waals surface area contributed by atoms with Crippen molar-refractivity contribution in [1.29, 1.82) is 0 Å². The lowest BCUT2D eigenvalue weighted by Crippen LogP contribution is -2.02. The molecule has 23 heavy (non-hydrogen) atoms. The summed E-state index contributed by atoms with van der Waals surface area (Å²) in [4.78, 5) is 25.9. The Morgan fingerprint density at radius 3 is 1.91 bits per heavy atom. The van der Waals surface area contributed by atoms with Crippen LogP contribution in [0.4, 0.5) is 0 Å². The van der Waals surface area contributed by atoms with Gasteiger partial charge >= 0.3 is 15.6 Å². The highest BCUT2D eigenvalue weighted by atomic mass is 31.3. The number of hydrogen-bond donors (Lipinski definition) is 3. The van der Waals surface area contributed by atoms with Gasteiger partial charge in [0.05, 0.1) is 18.8 Å². The smallest absolute Gasteiger partial charge is 0.370 e. The quantitative estimate of drug-likeness (QED) is 0.240. The topological polar surface area (TPSA) is 126 Å². The molecule has 2 atom stereocenters. The van der Waals surface area contributed by atoms with E-state index in [1.165, 1.54) is 19.3 Å². The maximum absolute atomic E-state index is 11.2. The Hall–Kier alpha value is 0.220. The van der Waals surface area contributed by atoms with Crippen LogP contribution in [0.5, 0.6) is 0 Å². The summed E-state index contributed by atoms with van der Waals surface area (Å²) in [7, 11) is -9.69. The fraction of sp³-hybridized carbons (Fsp3) is 1.00. The molecule has 0 amide bonds. The lowest BCUT2D eigenvalue weighted by Gasteiger charge is -2.12. The van der Waals surface area contributed by atoms with E-state index in [1.54, 1.807) is 0 Å². The molecule has 2 unspecified atom stereocenters. The van der Waals surface area contributed by atoms with E-state index in [1.807, 2.05) is 0 Å². The van der Waals surface area contributed by atoms with Crippen molar-refractivity contribution in [1.82, 2.24) is 0 Å². The van der Waals surface area contributed by atoms with Crippen LogP contribution in [0.3, 0.4) is 0 Å². The maximum atomic E-state index is 11.2. The zero-order valence-electron chi connectivity index (χ0n) is 13.6. The van der Waals surface area contributed by atoms with Gasteiger partial charge in [0.1, 0.15) is 0 Å². The summed E-state index contributed by atoms with van der Waals surface area (Å²) in [6.07, 6.45) is 9.41. The number of hydrogen-bond acceptors (Lipinski definition) is 5. The van der Waals surface area contributed by atoms with Crippen LogP contribution in [0.25, 0.3) is 0 Å². The molecule has 0 spiro atoms. The third-order valence-electron chi connectivity index (χ3n) is 3.70. The maximum Gasteiger partial charge on any atom is 0.481 e. The molecule has 0 aromatic rings. The molecule has 0 saturated carbocycles. The van der Waals surface area contributed by atoms with Crippen molar-refractivity contribution in [2.24, 2.45) is 0 Å². The SMILES string of the molecule is CC1(CCCCCCCCCCOP(=O)(O)OP(=O)(O)O)CO1. The molecule has 0 radical (unpaired) electrons. The molecule has 8 nitrogen and oxygen atoms in total. The van der Waals surface area contributed by atoms with Crippen molar-refractivity contribution in [3.8, 4) is 0 Å². The number of phosphoric ester groups is 1. The normalized spacial score (nSPS) is 23.7. The minimum atomic E-state index is -5.02. The van der Waals surface area contributed by atoms with E-state index in [-0.39, 0.29) is 12.2 Å². The van der Waals surface area contributed by atoms with Gasteiger partial charge in [-0.05, 0) is 19.8 Å². The van der Waals surface area contributed by atoms with Crippen molar-refractivity contribution in [3.63, 3.8) is 0 Å². The van der Waals surface area contributed by atoms with E-state index < -0.39 is 15.6 Å². The summed E-state index contributed by atoms with van der Waals surface area (Å²) in [5.41, 5.74) is 0.162. The molecule has 1 heterocycles. The summed E-state index contributed by atoms with van der Waals surface area (Å²) >= 11 is 0. The predicted octanol–water partition coefficient (Wildman–Crippen LogP) is 3.51. The third kappa shape index (κ3) is 12.3. The van der Waals surface area contributed by atoms with Crippen molar-refractivity contribution in [2.45, 2.75) is 70.3 Å². The second-order valence-electron chi connectivity index (χ2n) is 6.19. The van der Waals surface area contributed by atoms with Crippen LogP contribution >= 0.6 is 15.6 Å². The first kappa shape index (κ1) is 21.3. The second kappa shape index (κ2) is 9.64. The molecule has 138 valence electrons. The lowest BCUT2D eigenvalue weighted by atomic mass is 10.0. The molecule has 1 aliphatic rings. The number of rotatable bonds is 14. The highest BCUT2D eigenvalue weighted by molar-refractivity contribution is 7.60. The van der Waals surface area contributed by atoms with E-state index in [0.717, 1.165) is 38.7 Å². The Kier molecular flexibility index (Phi) is 8.91. The highest BCUT2D eigenvalue weighted by Crippen LogP contribution is 2.57. The number of unbranched alkanes of at least 4 members (excludes halogenated alkanes) is 7. The van der Waals surface area contributed by atoms with Crippen LogP contribution in [0.15, 0.2) is 0 Å². The van der Waals surface area contributed by atoms with Gasteiger partial charge in [-0.1, -0.05) is 44.9 Å². The number of phosphoric acid groups is 2. The summed E-state index contributed by atoms with van der Waals surface area (Å²) in [6.45, 7) is 2.98. The second-order valence-corrected chi connectivity index (χ2v) is 9.02. The van der Waals surface area contributed by atoms with Crippen LogP contribution in [0.2, 0.25) is 0 Å². The number of ether oxygens (including phenoxy) is 1. The van der Waals surface area contributed by atoms with Gasteiger partial charge in [-0.2, -0.15) is 4.31 Å². The lowest BCUT2D eigenvalue weighted by molar-refractivity contribution is 0.176. The van der Waals surface area contributed by atoms with E-state index in [0.29, 0.717) is 6.42 Å². The average molecular weight is 374 g/mol. The first-order chi connectivity index (χ1) is 10.6. The van der Waals surface area contributed by atoms with E-state index in [2.05, 4.69) is 15.8 Å². The molecule has 1 rings (SSSR count). The van der Waals surface area contributed by atoms with Crippen LogP contribution in [-0.4, -0.2) is 33.5 Å². The summed E-state index contributed by atoms with van der Waals surface area (Å²) in [6, 6.07) is 0. The Bertz CT molecular complexity index is 432. The number of epoxide rings is 1.